The van der Waals surface area contributed by atoms with E-state index in [1.165, 1.54) is 6.07 Å². The van der Waals surface area contributed by atoms with Gasteiger partial charge in [0.2, 0.25) is 0 Å². The fourth-order valence-corrected chi connectivity index (χ4v) is 2.40. The summed E-state index contributed by atoms with van der Waals surface area (Å²) in [7, 11) is 0. The zero-order valence-corrected chi connectivity index (χ0v) is 12.1. The van der Waals surface area contributed by atoms with E-state index >= 15 is 0 Å². The molecule has 100 valence electrons. The minimum absolute atomic E-state index is 0.0136. The highest BCUT2D eigenvalue weighted by Gasteiger charge is 2.21. The minimum Gasteiger partial charge on any atom is -0.481 e. The van der Waals surface area contributed by atoms with Crippen molar-refractivity contribution in [2.75, 3.05) is 13.1 Å². The van der Waals surface area contributed by atoms with Gasteiger partial charge in [0.05, 0.1) is 10.9 Å². The first-order valence-electron chi connectivity index (χ1n) is 5.90. The summed E-state index contributed by atoms with van der Waals surface area (Å²) >= 11 is 3.13. The zero-order valence-electron chi connectivity index (χ0n) is 10.5. The molecule has 0 aliphatic carbocycles. The summed E-state index contributed by atoms with van der Waals surface area (Å²) in [5.74, 6) is -1.19. The van der Waals surface area contributed by atoms with Gasteiger partial charge in [-0.1, -0.05) is 19.9 Å². The topological polar surface area (TPSA) is 40.5 Å². The van der Waals surface area contributed by atoms with E-state index in [1.807, 2.05) is 18.7 Å². The van der Waals surface area contributed by atoms with Crippen LogP contribution >= 0.6 is 15.9 Å². The van der Waals surface area contributed by atoms with Crippen LogP contribution in [0.1, 0.15) is 31.9 Å². The second-order valence-corrected chi connectivity index (χ2v) is 4.86. The van der Waals surface area contributed by atoms with Crippen LogP contribution in [0.25, 0.3) is 0 Å². The summed E-state index contributed by atoms with van der Waals surface area (Å²) in [5.41, 5.74) is 0.814. The summed E-state index contributed by atoms with van der Waals surface area (Å²) in [6.45, 7) is 5.47. The molecular formula is C13H17BrFNO2. The molecule has 3 nitrogen and oxygen atoms in total. The molecule has 18 heavy (non-hydrogen) atoms. The Hall–Kier alpha value is -0.940. The molecule has 0 aliphatic rings. The van der Waals surface area contributed by atoms with Crippen LogP contribution in [0.3, 0.4) is 0 Å². The largest absolute Gasteiger partial charge is 0.481 e. The van der Waals surface area contributed by atoms with Crippen molar-refractivity contribution < 1.29 is 14.3 Å². The van der Waals surface area contributed by atoms with E-state index in [1.54, 1.807) is 12.1 Å². The molecular weight excluding hydrogens is 301 g/mol. The third-order valence-corrected chi connectivity index (χ3v) is 3.56. The highest BCUT2D eigenvalue weighted by atomic mass is 79.9. The molecule has 0 bridgehead atoms. The maximum atomic E-state index is 13.2. The van der Waals surface area contributed by atoms with E-state index in [0.717, 1.165) is 18.7 Å². The second kappa shape index (κ2) is 6.85. The Morgan fingerprint density at radius 3 is 2.50 bits per heavy atom. The normalized spacial score (nSPS) is 12.7. The lowest BCUT2D eigenvalue weighted by Gasteiger charge is -2.29. The molecule has 1 N–H and O–H groups in total. The number of rotatable bonds is 6. The van der Waals surface area contributed by atoms with Crippen molar-refractivity contribution in [3.63, 3.8) is 0 Å². The molecule has 0 fully saturated rings. The lowest BCUT2D eigenvalue weighted by Crippen LogP contribution is -2.30. The van der Waals surface area contributed by atoms with Crippen molar-refractivity contribution >= 4 is 21.9 Å². The first-order valence-corrected chi connectivity index (χ1v) is 6.69. The van der Waals surface area contributed by atoms with Gasteiger partial charge < -0.3 is 5.11 Å². The van der Waals surface area contributed by atoms with E-state index in [0.29, 0.717) is 4.47 Å². The number of carbonyl (C=O) groups is 1. The van der Waals surface area contributed by atoms with E-state index in [9.17, 15) is 9.18 Å². The lowest BCUT2D eigenvalue weighted by molar-refractivity contribution is -0.138. The molecule has 1 unspecified atom stereocenters. The number of halogens is 2. The van der Waals surface area contributed by atoms with Gasteiger partial charge in [-0.3, -0.25) is 9.69 Å². The van der Waals surface area contributed by atoms with E-state index in [2.05, 4.69) is 15.9 Å². The predicted molar refractivity (Wildman–Crippen MR) is 72.0 cm³/mol. The molecule has 0 amide bonds. The number of aliphatic carboxylic acids is 1. The summed E-state index contributed by atoms with van der Waals surface area (Å²) in [4.78, 5) is 13.0. The van der Waals surface area contributed by atoms with Gasteiger partial charge in [-0.15, -0.1) is 0 Å². The summed E-state index contributed by atoms with van der Waals surface area (Å²) in [6.07, 6.45) is 0.0136. The van der Waals surface area contributed by atoms with Gasteiger partial charge in [-0.25, -0.2) is 4.39 Å². The number of carboxylic acid groups (broad SMARTS) is 1. The maximum absolute atomic E-state index is 13.2. The number of hydrogen-bond donors (Lipinski definition) is 1. The standard InChI is InChI=1S/C13H17BrFNO2/c1-3-16(4-2)12(8-13(17)18)9-5-6-11(15)10(14)7-9/h5-7,12H,3-4,8H2,1-2H3,(H,17,18). The number of benzene rings is 1. The number of carboxylic acids is 1. The molecule has 1 atom stereocenters. The molecule has 0 aromatic heterocycles. The maximum Gasteiger partial charge on any atom is 0.305 e. The Morgan fingerprint density at radius 2 is 2.06 bits per heavy atom. The van der Waals surface area contributed by atoms with Gasteiger partial charge in [0.1, 0.15) is 5.82 Å². The smallest absolute Gasteiger partial charge is 0.305 e. The molecule has 0 radical (unpaired) electrons. The predicted octanol–water partition coefficient (Wildman–Crippen LogP) is 3.45. The highest BCUT2D eigenvalue weighted by molar-refractivity contribution is 9.10. The molecule has 5 heteroatoms. The Morgan fingerprint density at radius 1 is 1.44 bits per heavy atom. The van der Waals surface area contributed by atoms with Crippen molar-refractivity contribution in [3.8, 4) is 0 Å². The second-order valence-electron chi connectivity index (χ2n) is 4.01. The van der Waals surface area contributed by atoms with Crippen LogP contribution in [0.2, 0.25) is 0 Å². The lowest BCUT2D eigenvalue weighted by atomic mass is 10.0. The first-order chi connectivity index (χ1) is 8.49. The minimum atomic E-state index is -0.854. The molecule has 0 saturated heterocycles. The average Bonchev–Trinajstić information content (AvgIpc) is 2.32. The van der Waals surface area contributed by atoms with Gasteiger partial charge in [-0.2, -0.15) is 0 Å². The summed E-state index contributed by atoms with van der Waals surface area (Å²) < 4.78 is 13.6. The van der Waals surface area contributed by atoms with Crippen molar-refractivity contribution in [2.45, 2.75) is 26.3 Å². The van der Waals surface area contributed by atoms with Crippen LogP contribution in [0.4, 0.5) is 4.39 Å². The third-order valence-electron chi connectivity index (χ3n) is 2.95. The monoisotopic (exact) mass is 317 g/mol. The van der Waals surface area contributed by atoms with Crippen LogP contribution in [0.5, 0.6) is 0 Å². The summed E-state index contributed by atoms with van der Waals surface area (Å²) in [6, 6.07) is 4.43. The van der Waals surface area contributed by atoms with Crippen molar-refractivity contribution in [3.05, 3.63) is 34.1 Å². The van der Waals surface area contributed by atoms with Gasteiger partial charge >= 0.3 is 5.97 Å². The van der Waals surface area contributed by atoms with E-state index in [-0.39, 0.29) is 18.3 Å². The van der Waals surface area contributed by atoms with Crippen molar-refractivity contribution in [2.24, 2.45) is 0 Å². The molecule has 1 aromatic carbocycles. The van der Waals surface area contributed by atoms with Crippen LogP contribution in [0.15, 0.2) is 22.7 Å². The van der Waals surface area contributed by atoms with Crippen LogP contribution in [-0.4, -0.2) is 29.1 Å². The zero-order chi connectivity index (χ0) is 13.7. The van der Waals surface area contributed by atoms with Gasteiger partial charge in [0.25, 0.3) is 0 Å². The fourth-order valence-electron chi connectivity index (χ4n) is 2.01. The molecule has 1 aromatic rings. The van der Waals surface area contributed by atoms with Gasteiger partial charge in [0.15, 0.2) is 0 Å². The molecule has 0 saturated carbocycles. The Balaban J connectivity index is 3.07. The number of hydrogen-bond acceptors (Lipinski definition) is 2. The van der Waals surface area contributed by atoms with Gasteiger partial charge in [0, 0.05) is 6.04 Å². The highest BCUT2D eigenvalue weighted by Crippen LogP contribution is 2.27. The SMILES string of the molecule is CCN(CC)C(CC(=O)O)c1ccc(F)c(Br)c1. The number of nitrogens with zero attached hydrogens (tertiary/aromatic N) is 1. The van der Waals surface area contributed by atoms with Gasteiger partial charge in [-0.05, 0) is 46.7 Å². The first kappa shape index (κ1) is 15.1. The molecule has 0 aliphatic heterocycles. The molecule has 1 rings (SSSR count). The Bertz CT molecular complexity index is 421. The third kappa shape index (κ3) is 3.78. The van der Waals surface area contributed by atoms with Crippen molar-refractivity contribution in [1.29, 1.82) is 0 Å². The van der Waals surface area contributed by atoms with Crippen LogP contribution < -0.4 is 0 Å². The molecule has 0 heterocycles. The summed E-state index contributed by atoms with van der Waals surface area (Å²) in [5, 5.41) is 9.00. The van der Waals surface area contributed by atoms with Crippen molar-refractivity contribution in [1.82, 2.24) is 4.90 Å². The van der Waals surface area contributed by atoms with Crippen LogP contribution in [0, 0.1) is 5.82 Å². The van der Waals surface area contributed by atoms with E-state index < -0.39 is 5.97 Å². The molecule has 0 spiro atoms. The Kier molecular flexibility index (Phi) is 5.75. The fraction of sp³-hybridized carbons (Fsp3) is 0.462. The van der Waals surface area contributed by atoms with Crippen LogP contribution in [-0.2, 0) is 4.79 Å². The Labute approximate surface area is 115 Å². The average molecular weight is 318 g/mol. The quantitative estimate of drug-likeness (QED) is 0.873. The van der Waals surface area contributed by atoms with E-state index in [4.69, 9.17) is 5.11 Å².